The van der Waals surface area contributed by atoms with Crippen molar-refractivity contribution in [2.45, 2.75) is 0 Å². The molecule has 0 atom stereocenters. The first-order valence-corrected chi connectivity index (χ1v) is 3.90. The molecular formula is C9H10N2O3. The van der Waals surface area contributed by atoms with E-state index in [9.17, 15) is 4.79 Å². The lowest BCUT2D eigenvalue weighted by molar-refractivity contribution is 0.181. The molecule has 0 radical (unpaired) electrons. The number of hydrogen-bond donors (Lipinski definition) is 0. The molecule has 74 valence electrons. The molecular weight excluding hydrogens is 184 g/mol. The number of benzene rings is 1. The van der Waals surface area contributed by atoms with Gasteiger partial charge >= 0.3 is 6.09 Å². The average molecular weight is 194 g/mol. The Bertz CT molecular complexity index is 350. The van der Waals surface area contributed by atoms with Gasteiger partial charge in [-0.3, -0.25) is 0 Å². The summed E-state index contributed by atoms with van der Waals surface area (Å²) in [5.74, 6) is 0.556. The minimum atomic E-state index is -0.740. The van der Waals surface area contributed by atoms with Crippen LogP contribution in [-0.2, 0) is 4.74 Å². The van der Waals surface area contributed by atoms with Crippen LogP contribution in [0.2, 0.25) is 0 Å². The van der Waals surface area contributed by atoms with Crippen molar-refractivity contribution in [1.82, 2.24) is 0 Å². The molecule has 0 bridgehead atoms. The van der Waals surface area contributed by atoms with Crippen molar-refractivity contribution in [3.05, 3.63) is 24.3 Å². The highest BCUT2D eigenvalue weighted by Crippen LogP contribution is 2.26. The fourth-order valence-corrected chi connectivity index (χ4v) is 0.848. The van der Waals surface area contributed by atoms with Crippen LogP contribution in [0.5, 0.6) is 5.75 Å². The monoisotopic (exact) mass is 194 g/mol. The van der Waals surface area contributed by atoms with Crippen LogP contribution in [0.1, 0.15) is 0 Å². The van der Waals surface area contributed by atoms with E-state index < -0.39 is 6.09 Å². The van der Waals surface area contributed by atoms with Crippen LogP contribution in [0.15, 0.2) is 34.5 Å². The molecule has 14 heavy (non-hydrogen) atoms. The van der Waals surface area contributed by atoms with Gasteiger partial charge in [0, 0.05) is 0 Å². The lowest BCUT2D eigenvalue weighted by Gasteiger charge is -2.00. The number of carbonyl (C=O) groups is 1. The summed E-state index contributed by atoms with van der Waals surface area (Å²) in [5, 5.41) is 6.98. The smallest absolute Gasteiger partial charge is 0.452 e. The Labute approximate surface area is 81.4 Å². The maximum atomic E-state index is 10.7. The van der Waals surface area contributed by atoms with Gasteiger partial charge in [-0.15, -0.1) is 5.11 Å². The Balaban J connectivity index is 2.85. The summed E-state index contributed by atoms with van der Waals surface area (Å²) in [6.07, 6.45) is -0.740. The van der Waals surface area contributed by atoms with Crippen molar-refractivity contribution in [3.8, 4) is 5.75 Å². The molecule has 0 unspecified atom stereocenters. The van der Waals surface area contributed by atoms with E-state index >= 15 is 0 Å². The number of azo groups is 1. The molecule has 0 fully saturated rings. The average Bonchev–Trinajstić information content (AvgIpc) is 2.26. The van der Waals surface area contributed by atoms with Crippen LogP contribution >= 0.6 is 0 Å². The topological polar surface area (TPSA) is 60.2 Å². The minimum absolute atomic E-state index is 0.486. The van der Waals surface area contributed by atoms with Crippen LogP contribution in [0.25, 0.3) is 0 Å². The molecule has 0 aliphatic heterocycles. The first-order chi connectivity index (χ1) is 6.77. The largest absolute Gasteiger partial charge is 0.494 e. The second-order valence-electron chi connectivity index (χ2n) is 2.34. The van der Waals surface area contributed by atoms with Crippen LogP contribution < -0.4 is 4.74 Å². The van der Waals surface area contributed by atoms with Gasteiger partial charge in [0.25, 0.3) is 0 Å². The number of carbonyl (C=O) groups excluding carboxylic acids is 1. The number of ether oxygens (including phenoxy) is 2. The highest BCUT2D eigenvalue weighted by atomic mass is 16.5. The SMILES string of the molecule is COC(=O)N=Nc1ccccc1OC. The van der Waals surface area contributed by atoms with Crippen molar-refractivity contribution in [2.75, 3.05) is 14.2 Å². The van der Waals surface area contributed by atoms with Crippen molar-refractivity contribution in [1.29, 1.82) is 0 Å². The third-order valence-corrected chi connectivity index (χ3v) is 1.50. The zero-order valence-electron chi connectivity index (χ0n) is 7.93. The Morgan fingerprint density at radius 1 is 1.29 bits per heavy atom. The summed E-state index contributed by atoms with van der Waals surface area (Å²) >= 11 is 0. The molecule has 0 N–H and O–H groups in total. The fraction of sp³-hybridized carbons (Fsp3) is 0.222. The molecule has 0 heterocycles. The molecule has 0 saturated carbocycles. The van der Waals surface area contributed by atoms with Crippen molar-refractivity contribution in [3.63, 3.8) is 0 Å². The first kappa shape index (κ1) is 10.2. The van der Waals surface area contributed by atoms with E-state index in [-0.39, 0.29) is 0 Å². The van der Waals surface area contributed by atoms with E-state index in [2.05, 4.69) is 15.0 Å². The maximum Gasteiger partial charge on any atom is 0.452 e. The van der Waals surface area contributed by atoms with Crippen LogP contribution in [0.3, 0.4) is 0 Å². The molecule has 1 rings (SSSR count). The predicted octanol–water partition coefficient (Wildman–Crippen LogP) is 2.55. The van der Waals surface area contributed by atoms with Crippen LogP contribution in [0.4, 0.5) is 10.5 Å². The standard InChI is InChI=1S/C9H10N2O3/c1-13-8-6-4-3-5-7(8)10-11-9(12)14-2/h3-6H,1-2H3. The molecule has 5 heteroatoms. The number of para-hydroxylation sites is 1. The highest BCUT2D eigenvalue weighted by molar-refractivity contribution is 5.68. The summed E-state index contributed by atoms with van der Waals surface area (Å²) < 4.78 is 9.31. The third kappa shape index (κ3) is 2.55. The van der Waals surface area contributed by atoms with Crippen molar-refractivity contribution >= 4 is 11.8 Å². The van der Waals surface area contributed by atoms with E-state index in [1.807, 2.05) is 0 Å². The summed E-state index contributed by atoms with van der Waals surface area (Å²) in [4.78, 5) is 10.7. The quantitative estimate of drug-likeness (QED) is 0.679. The molecule has 0 saturated heterocycles. The highest BCUT2D eigenvalue weighted by Gasteiger charge is 2.00. The third-order valence-electron chi connectivity index (χ3n) is 1.50. The van der Waals surface area contributed by atoms with Gasteiger partial charge in [-0.1, -0.05) is 17.2 Å². The minimum Gasteiger partial charge on any atom is -0.494 e. The zero-order valence-corrected chi connectivity index (χ0v) is 7.93. The number of methoxy groups -OCH3 is 2. The summed E-state index contributed by atoms with van der Waals surface area (Å²) in [6, 6.07) is 6.99. The molecule has 0 aromatic heterocycles. The lowest BCUT2D eigenvalue weighted by Crippen LogP contribution is -1.90. The van der Waals surface area contributed by atoms with Gasteiger partial charge in [0.1, 0.15) is 11.4 Å². The van der Waals surface area contributed by atoms with E-state index in [0.29, 0.717) is 11.4 Å². The number of hydrogen-bond acceptors (Lipinski definition) is 4. The maximum absolute atomic E-state index is 10.7. The number of rotatable bonds is 2. The Morgan fingerprint density at radius 3 is 2.64 bits per heavy atom. The first-order valence-electron chi connectivity index (χ1n) is 3.90. The van der Waals surface area contributed by atoms with E-state index in [1.54, 1.807) is 24.3 Å². The molecule has 5 nitrogen and oxygen atoms in total. The molecule has 0 aliphatic carbocycles. The summed E-state index contributed by atoms with van der Waals surface area (Å²) in [5.41, 5.74) is 0.486. The van der Waals surface area contributed by atoms with Gasteiger partial charge in [0.2, 0.25) is 0 Å². The number of amides is 1. The fourth-order valence-electron chi connectivity index (χ4n) is 0.848. The van der Waals surface area contributed by atoms with Gasteiger partial charge in [0.05, 0.1) is 14.2 Å². The Hall–Kier alpha value is -1.91. The van der Waals surface area contributed by atoms with Crippen LogP contribution in [-0.4, -0.2) is 20.3 Å². The van der Waals surface area contributed by atoms with E-state index in [1.165, 1.54) is 14.2 Å². The van der Waals surface area contributed by atoms with E-state index in [4.69, 9.17) is 4.74 Å². The normalized spacial score (nSPS) is 10.1. The van der Waals surface area contributed by atoms with E-state index in [0.717, 1.165) is 0 Å². The van der Waals surface area contributed by atoms with Gasteiger partial charge in [-0.2, -0.15) is 0 Å². The predicted molar refractivity (Wildman–Crippen MR) is 49.9 cm³/mol. The summed E-state index contributed by atoms with van der Waals surface area (Å²) in [6.45, 7) is 0. The molecule has 1 aromatic rings. The summed E-state index contributed by atoms with van der Waals surface area (Å²) in [7, 11) is 2.76. The van der Waals surface area contributed by atoms with Gasteiger partial charge < -0.3 is 9.47 Å². The van der Waals surface area contributed by atoms with Crippen molar-refractivity contribution in [2.24, 2.45) is 10.2 Å². The Morgan fingerprint density at radius 2 is 2.00 bits per heavy atom. The second-order valence-corrected chi connectivity index (χ2v) is 2.34. The zero-order chi connectivity index (χ0) is 10.4. The molecule has 1 aromatic carbocycles. The number of nitrogens with zero attached hydrogens (tertiary/aromatic N) is 2. The van der Waals surface area contributed by atoms with Gasteiger partial charge in [-0.25, -0.2) is 4.79 Å². The van der Waals surface area contributed by atoms with Crippen molar-refractivity contribution < 1.29 is 14.3 Å². The van der Waals surface area contributed by atoms with Crippen LogP contribution in [0, 0.1) is 0 Å². The Kier molecular flexibility index (Phi) is 3.60. The van der Waals surface area contributed by atoms with Gasteiger partial charge in [-0.05, 0) is 12.1 Å². The lowest BCUT2D eigenvalue weighted by atomic mass is 10.3. The molecule has 0 spiro atoms. The molecule has 0 aliphatic rings. The van der Waals surface area contributed by atoms with Gasteiger partial charge in [0.15, 0.2) is 0 Å². The molecule has 1 amide bonds. The second kappa shape index (κ2) is 4.96.